The van der Waals surface area contributed by atoms with Gasteiger partial charge in [0.25, 0.3) is 5.91 Å². The van der Waals surface area contributed by atoms with Crippen LogP contribution in [0, 0.1) is 6.92 Å². The molecule has 1 aromatic rings. The van der Waals surface area contributed by atoms with Gasteiger partial charge in [-0.1, -0.05) is 18.2 Å². The molecule has 0 radical (unpaired) electrons. The van der Waals surface area contributed by atoms with E-state index in [2.05, 4.69) is 5.32 Å². The largest absolute Gasteiger partial charge is 0.484 e. The molecule has 0 unspecified atom stereocenters. The maximum Gasteiger partial charge on any atom is 0.258 e. The molecule has 0 saturated heterocycles. The molecular weight excluding hydrogens is 216 g/mol. The summed E-state index contributed by atoms with van der Waals surface area (Å²) in [4.78, 5) is 11.5. The van der Waals surface area contributed by atoms with Gasteiger partial charge in [0.2, 0.25) is 0 Å². The van der Waals surface area contributed by atoms with E-state index >= 15 is 0 Å². The monoisotopic (exact) mass is 236 g/mol. The second-order valence-corrected chi connectivity index (χ2v) is 4.82. The van der Waals surface area contributed by atoms with Gasteiger partial charge in [-0.25, -0.2) is 0 Å². The van der Waals surface area contributed by atoms with Gasteiger partial charge in [-0.3, -0.25) is 4.79 Å². The molecule has 0 saturated carbocycles. The second-order valence-electron chi connectivity index (χ2n) is 4.82. The Balaban J connectivity index is 2.36. The average molecular weight is 236 g/mol. The molecule has 17 heavy (non-hydrogen) atoms. The molecule has 1 amide bonds. The van der Waals surface area contributed by atoms with Crippen molar-refractivity contribution in [2.45, 2.75) is 26.3 Å². The number of benzene rings is 1. The van der Waals surface area contributed by atoms with Crippen LogP contribution in [-0.4, -0.2) is 24.6 Å². The van der Waals surface area contributed by atoms with Crippen molar-refractivity contribution in [1.29, 1.82) is 0 Å². The highest BCUT2D eigenvalue weighted by atomic mass is 16.5. The molecule has 1 aromatic carbocycles. The Labute approximate surface area is 102 Å². The van der Waals surface area contributed by atoms with Crippen molar-refractivity contribution in [2.75, 3.05) is 13.2 Å². The Morgan fingerprint density at radius 2 is 2.06 bits per heavy atom. The standard InChI is InChI=1S/C13H20N2O2/c1-10-6-4-5-7-11(10)17-8-12(16)15-9-13(2,3)14/h4-7H,8-9,14H2,1-3H3,(H,15,16). The van der Waals surface area contributed by atoms with Crippen LogP contribution in [-0.2, 0) is 4.79 Å². The maximum atomic E-state index is 11.5. The number of para-hydroxylation sites is 1. The van der Waals surface area contributed by atoms with E-state index in [-0.39, 0.29) is 12.5 Å². The van der Waals surface area contributed by atoms with Crippen molar-refractivity contribution in [2.24, 2.45) is 5.73 Å². The third-order valence-corrected chi connectivity index (χ3v) is 2.19. The number of ether oxygens (including phenoxy) is 1. The Bertz CT molecular complexity index is 383. The molecule has 4 nitrogen and oxygen atoms in total. The lowest BCUT2D eigenvalue weighted by molar-refractivity contribution is -0.123. The number of hydrogen-bond donors (Lipinski definition) is 2. The number of hydrogen-bond acceptors (Lipinski definition) is 3. The first-order valence-corrected chi connectivity index (χ1v) is 5.62. The van der Waals surface area contributed by atoms with E-state index in [1.807, 2.05) is 45.0 Å². The van der Waals surface area contributed by atoms with E-state index in [4.69, 9.17) is 10.5 Å². The smallest absolute Gasteiger partial charge is 0.258 e. The van der Waals surface area contributed by atoms with Crippen LogP contribution in [0.4, 0.5) is 0 Å². The van der Waals surface area contributed by atoms with Crippen molar-refractivity contribution >= 4 is 5.91 Å². The van der Waals surface area contributed by atoms with Gasteiger partial charge in [-0.2, -0.15) is 0 Å². The van der Waals surface area contributed by atoms with Gasteiger partial charge >= 0.3 is 0 Å². The van der Waals surface area contributed by atoms with Gasteiger partial charge in [0.15, 0.2) is 6.61 Å². The summed E-state index contributed by atoms with van der Waals surface area (Å²) < 4.78 is 5.41. The van der Waals surface area contributed by atoms with Gasteiger partial charge in [-0.15, -0.1) is 0 Å². The van der Waals surface area contributed by atoms with Crippen molar-refractivity contribution in [3.8, 4) is 5.75 Å². The highest BCUT2D eigenvalue weighted by Gasteiger charge is 2.12. The molecule has 0 aliphatic rings. The van der Waals surface area contributed by atoms with Gasteiger partial charge in [-0.05, 0) is 32.4 Å². The second kappa shape index (κ2) is 5.68. The molecule has 0 bridgehead atoms. The molecule has 0 atom stereocenters. The molecule has 94 valence electrons. The fraction of sp³-hybridized carbons (Fsp3) is 0.462. The zero-order valence-corrected chi connectivity index (χ0v) is 10.6. The van der Waals surface area contributed by atoms with Crippen LogP contribution in [0.2, 0.25) is 0 Å². The first-order valence-electron chi connectivity index (χ1n) is 5.62. The Morgan fingerprint density at radius 3 is 2.65 bits per heavy atom. The molecule has 0 aromatic heterocycles. The average Bonchev–Trinajstić information content (AvgIpc) is 2.24. The van der Waals surface area contributed by atoms with Crippen LogP contribution in [0.25, 0.3) is 0 Å². The minimum atomic E-state index is -0.404. The van der Waals surface area contributed by atoms with Crippen molar-refractivity contribution in [3.05, 3.63) is 29.8 Å². The SMILES string of the molecule is Cc1ccccc1OCC(=O)NCC(C)(C)N. The summed E-state index contributed by atoms with van der Waals surface area (Å²) in [6, 6.07) is 7.59. The number of aryl methyl sites for hydroxylation is 1. The Hall–Kier alpha value is -1.55. The number of carbonyl (C=O) groups is 1. The van der Waals surface area contributed by atoms with E-state index < -0.39 is 5.54 Å². The first kappa shape index (κ1) is 13.5. The summed E-state index contributed by atoms with van der Waals surface area (Å²) in [5, 5.41) is 2.72. The topological polar surface area (TPSA) is 64.3 Å². The van der Waals surface area contributed by atoms with Gasteiger partial charge in [0.1, 0.15) is 5.75 Å². The fourth-order valence-corrected chi connectivity index (χ4v) is 1.24. The summed E-state index contributed by atoms with van der Waals surface area (Å²) in [5.74, 6) is 0.571. The molecule has 3 N–H and O–H groups in total. The summed E-state index contributed by atoms with van der Waals surface area (Å²) in [5.41, 5.74) is 6.37. The van der Waals surface area contributed by atoms with Gasteiger partial charge in [0.05, 0.1) is 0 Å². The summed E-state index contributed by atoms with van der Waals surface area (Å²) in [6.07, 6.45) is 0. The van der Waals surface area contributed by atoms with Crippen LogP contribution in [0.5, 0.6) is 5.75 Å². The lowest BCUT2D eigenvalue weighted by atomic mass is 10.1. The van der Waals surface area contributed by atoms with Crippen molar-refractivity contribution in [1.82, 2.24) is 5.32 Å². The van der Waals surface area contributed by atoms with Gasteiger partial charge in [0, 0.05) is 12.1 Å². The third-order valence-electron chi connectivity index (χ3n) is 2.19. The molecule has 0 spiro atoms. The molecule has 0 fully saturated rings. The lowest BCUT2D eigenvalue weighted by Gasteiger charge is -2.19. The third kappa shape index (κ3) is 5.36. The van der Waals surface area contributed by atoms with Crippen LogP contribution in [0.1, 0.15) is 19.4 Å². The predicted octanol–water partition coefficient (Wildman–Crippen LogP) is 1.23. The van der Waals surface area contributed by atoms with Crippen molar-refractivity contribution < 1.29 is 9.53 Å². The number of carbonyl (C=O) groups excluding carboxylic acids is 1. The maximum absolute atomic E-state index is 11.5. The molecule has 0 aliphatic heterocycles. The van der Waals surface area contributed by atoms with E-state index in [1.54, 1.807) is 0 Å². The number of nitrogens with one attached hydrogen (secondary N) is 1. The lowest BCUT2D eigenvalue weighted by Crippen LogP contribution is -2.46. The summed E-state index contributed by atoms with van der Waals surface area (Å²) in [6.45, 7) is 6.10. The Kier molecular flexibility index (Phi) is 4.52. The minimum Gasteiger partial charge on any atom is -0.484 e. The zero-order chi connectivity index (χ0) is 12.9. The highest BCUT2D eigenvalue weighted by Crippen LogP contribution is 2.15. The predicted molar refractivity (Wildman–Crippen MR) is 68.0 cm³/mol. The molecule has 4 heteroatoms. The summed E-state index contributed by atoms with van der Waals surface area (Å²) in [7, 11) is 0. The van der Waals surface area contributed by atoms with E-state index in [9.17, 15) is 4.79 Å². The van der Waals surface area contributed by atoms with Gasteiger partial charge < -0.3 is 15.8 Å². The van der Waals surface area contributed by atoms with Crippen LogP contribution in [0.3, 0.4) is 0 Å². The Morgan fingerprint density at radius 1 is 1.41 bits per heavy atom. The number of amides is 1. The normalized spacial score (nSPS) is 11.1. The van der Waals surface area contributed by atoms with E-state index in [0.717, 1.165) is 11.3 Å². The van der Waals surface area contributed by atoms with Crippen LogP contribution < -0.4 is 15.8 Å². The highest BCUT2D eigenvalue weighted by molar-refractivity contribution is 5.77. The first-order chi connectivity index (χ1) is 7.88. The minimum absolute atomic E-state index is 0.0148. The fourth-order valence-electron chi connectivity index (χ4n) is 1.24. The molecule has 0 aliphatic carbocycles. The zero-order valence-electron chi connectivity index (χ0n) is 10.6. The van der Waals surface area contributed by atoms with Crippen LogP contribution in [0.15, 0.2) is 24.3 Å². The molecule has 0 heterocycles. The quantitative estimate of drug-likeness (QED) is 0.808. The van der Waals surface area contributed by atoms with Crippen LogP contribution >= 0.6 is 0 Å². The van der Waals surface area contributed by atoms with Crippen molar-refractivity contribution in [3.63, 3.8) is 0 Å². The number of nitrogens with two attached hydrogens (primary N) is 1. The van der Waals surface area contributed by atoms with E-state index in [1.165, 1.54) is 0 Å². The molecule has 1 rings (SSSR count). The van der Waals surface area contributed by atoms with E-state index in [0.29, 0.717) is 6.54 Å². The number of rotatable bonds is 5. The molecular formula is C13H20N2O2. The summed E-state index contributed by atoms with van der Waals surface area (Å²) >= 11 is 0.